The fraction of sp³-hybridized carbons (Fsp3) is 0.375. The van der Waals surface area contributed by atoms with Crippen LogP contribution in [0.3, 0.4) is 0 Å². The number of likely N-dealkylation sites (tertiary alicyclic amines) is 1. The van der Waals surface area contributed by atoms with Crippen molar-refractivity contribution < 1.29 is 9.18 Å². The second kappa shape index (κ2) is 8.37. The Bertz CT molecular complexity index is 990. The summed E-state index contributed by atoms with van der Waals surface area (Å²) >= 11 is 0. The molecule has 4 rings (SSSR count). The third-order valence-electron chi connectivity index (χ3n) is 6.18. The lowest BCUT2D eigenvalue weighted by molar-refractivity contribution is -0.136. The minimum absolute atomic E-state index is 0.0832. The second-order valence-electron chi connectivity index (χ2n) is 8.10. The number of carbonyl (C=O) groups is 1. The quantitative estimate of drug-likeness (QED) is 0.692. The number of nitrogens with one attached hydrogen (secondary N) is 1. The van der Waals surface area contributed by atoms with Crippen LogP contribution in [0.2, 0.25) is 0 Å². The Labute approximate surface area is 171 Å². The molecular weight excluding hydrogens is 365 g/mol. The van der Waals surface area contributed by atoms with Gasteiger partial charge in [-0.25, -0.2) is 4.39 Å². The van der Waals surface area contributed by atoms with Crippen molar-refractivity contribution >= 4 is 16.8 Å². The van der Waals surface area contributed by atoms with Gasteiger partial charge in [-0.1, -0.05) is 30.3 Å². The van der Waals surface area contributed by atoms with Crippen LogP contribution < -0.4 is 0 Å². The number of nitrogens with zero attached hydrogens (tertiary/aromatic N) is 2. The van der Waals surface area contributed by atoms with Crippen LogP contribution in [-0.2, 0) is 11.3 Å². The van der Waals surface area contributed by atoms with Gasteiger partial charge in [0.05, 0.1) is 6.04 Å². The van der Waals surface area contributed by atoms with Crippen molar-refractivity contribution in [3.63, 3.8) is 0 Å². The molecule has 1 N–H and O–H groups in total. The molecule has 1 fully saturated rings. The number of para-hydroxylation sites is 1. The lowest BCUT2D eigenvalue weighted by atomic mass is 9.88. The van der Waals surface area contributed by atoms with Crippen molar-refractivity contribution in [2.75, 3.05) is 20.1 Å². The van der Waals surface area contributed by atoms with Gasteiger partial charge >= 0.3 is 0 Å². The molecule has 1 amide bonds. The number of aromatic nitrogens is 1. The van der Waals surface area contributed by atoms with Crippen molar-refractivity contribution in [1.82, 2.24) is 14.8 Å². The van der Waals surface area contributed by atoms with Gasteiger partial charge in [0.1, 0.15) is 5.82 Å². The maximum Gasteiger partial charge on any atom is 0.239 e. The van der Waals surface area contributed by atoms with Crippen LogP contribution in [0.1, 0.15) is 36.8 Å². The smallest absolute Gasteiger partial charge is 0.239 e. The van der Waals surface area contributed by atoms with Crippen LogP contribution >= 0.6 is 0 Å². The zero-order valence-corrected chi connectivity index (χ0v) is 17.1. The number of halogens is 1. The first-order valence-corrected chi connectivity index (χ1v) is 10.3. The van der Waals surface area contributed by atoms with Gasteiger partial charge in [-0.15, -0.1) is 0 Å². The first kappa shape index (κ1) is 19.6. The summed E-state index contributed by atoms with van der Waals surface area (Å²) in [5.41, 5.74) is 3.39. The van der Waals surface area contributed by atoms with Gasteiger partial charge in [0, 0.05) is 30.7 Å². The van der Waals surface area contributed by atoms with E-state index in [1.165, 1.54) is 28.6 Å². The topological polar surface area (TPSA) is 39.3 Å². The molecule has 0 aliphatic carbocycles. The summed E-state index contributed by atoms with van der Waals surface area (Å²) in [6, 6.07) is 14.7. The minimum atomic E-state index is -0.268. The van der Waals surface area contributed by atoms with Crippen molar-refractivity contribution in [3.8, 4) is 0 Å². The van der Waals surface area contributed by atoms with E-state index in [1.807, 2.05) is 13.0 Å². The molecule has 1 aliphatic heterocycles. The molecule has 1 atom stereocenters. The molecule has 3 aromatic rings. The van der Waals surface area contributed by atoms with Crippen LogP contribution in [-0.4, -0.2) is 46.9 Å². The van der Waals surface area contributed by atoms with E-state index in [4.69, 9.17) is 0 Å². The van der Waals surface area contributed by atoms with Crippen LogP contribution in [0, 0.1) is 5.82 Å². The average Bonchev–Trinajstić information content (AvgIpc) is 3.17. The van der Waals surface area contributed by atoms with E-state index in [-0.39, 0.29) is 17.8 Å². The molecule has 5 heteroatoms. The number of hydrogen-bond acceptors (Lipinski definition) is 2. The van der Waals surface area contributed by atoms with Crippen molar-refractivity contribution in [2.24, 2.45) is 0 Å². The van der Waals surface area contributed by atoms with E-state index in [9.17, 15) is 9.18 Å². The summed E-state index contributed by atoms with van der Waals surface area (Å²) < 4.78 is 13.4. The molecule has 0 saturated carbocycles. The Hall–Kier alpha value is -2.66. The van der Waals surface area contributed by atoms with Crippen molar-refractivity contribution in [1.29, 1.82) is 0 Å². The number of amides is 1. The lowest BCUT2D eigenvalue weighted by Gasteiger charge is -2.36. The van der Waals surface area contributed by atoms with Gasteiger partial charge in [-0.3, -0.25) is 9.69 Å². The van der Waals surface area contributed by atoms with E-state index < -0.39 is 0 Å². The number of aromatic amines is 1. The lowest BCUT2D eigenvalue weighted by Crippen LogP contribution is -2.48. The molecule has 0 radical (unpaired) electrons. The summed E-state index contributed by atoms with van der Waals surface area (Å²) in [6.45, 7) is 4.22. The number of fused-ring (bicyclic) bond motifs is 1. The largest absolute Gasteiger partial charge is 0.361 e. The zero-order valence-electron chi connectivity index (χ0n) is 17.1. The number of hydrogen-bond donors (Lipinski definition) is 1. The molecule has 1 aromatic heterocycles. The highest BCUT2D eigenvalue weighted by Crippen LogP contribution is 2.33. The molecule has 0 bridgehead atoms. The van der Waals surface area contributed by atoms with Crippen LogP contribution in [0.4, 0.5) is 4.39 Å². The monoisotopic (exact) mass is 393 g/mol. The van der Waals surface area contributed by atoms with Gasteiger partial charge in [-0.05, 0) is 68.1 Å². The Morgan fingerprint density at radius 1 is 1.21 bits per heavy atom. The first-order chi connectivity index (χ1) is 14.0. The maximum atomic E-state index is 13.4. The Morgan fingerprint density at radius 2 is 1.97 bits per heavy atom. The van der Waals surface area contributed by atoms with Gasteiger partial charge in [-0.2, -0.15) is 0 Å². The number of benzene rings is 2. The molecule has 1 saturated heterocycles. The highest BCUT2D eigenvalue weighted by molar-refractivity contribution is 5.83. The van der Waals surface area contributed by atoms with Crippen molar-refractivity contribution in [2.45, 2.75) is 38.3 Å². The molecule has 152 valence electrons. The Kier molecular flexibility index (Phi) is 5.67. The van der Waals surface area contributed by atoms with Gasteiger partial charge in [0.2, 0.25) is 5.91 Å². The zero-order chi connectivity index (χ0) is 20.4. The van der Waals surface area contributed by atoms with Crippen LogP contribution in [0.25, 0.3) is 10.9 Å². The second-order valence-corrected chi connectivity index (χ2v) is 8.10. The highest BCUT2D eigenvalue weighted by atomic mass is 19.1. The van der Waals surface area contributed by atoms with E-state index in [0.717, 1.165) is 31.5 Å². The number of H-pyrrole nitrogens is 1. The molecule has 2 aromatic carbocycles. The third kappa shape index (κ3) is 4.20. The SMILES string of the molecule is CC(C(=O)N(C)Cc1cccc(F)c1)N1CCC(c2c[nH]c3ccccc23)CC1. The number of likely N-dealkylation sites (N-methyl/N-ethyl adjacent to an activating group) is 1. The molecule has 4 nitrogen and oxygen atoms in total. The molecular formula is C24H28FN3O. The maximum absolute atomic E-state index is 13.4. The molecule has 29 heavy (non-hydrogen) atoms. The molecule has 2 heterocycles. The van der Waals surface area contributed by atoms with Gasteiger partial charge in [0.25, 0.3) is 0 Å². The number of piperidine rings is 1. The Balaban J connectivity index is 1.35. The normalized spacial score (nSPS) is 16.8. The van der Waals surface area contributed by atoms with Crippen LogP contribution in [0.15, 0.2) is 54.7 Å². The first-order valence-electron chi connectivity index (χ1n) is 10.3. The predicted octanol–water partition coefficient (Wildman–Crippen LogP) is 4.53. The average molecular weight is 394 g/mol. The van der Waals surface area contributed by atoms with Gasteiger partial charge in [0.15, 0.2) is 0 Å². The summed E-state index contributed by atoms with van der Waals surface area (Å²) in [7, 11) is 1.79. The third-order valence-corrected chi connectivity index (χ3v) is 6.18. The molecule has 1 unspecified atom stereocenters. The summed E-state index contributed by atoms with van der Waals surface area (Å²) in [5.74, 6) is 0.338. The minimum Gasteiger partial charge on any atom is -0.361 e. The standard InChI is InChI=1S/C24H28FN3O/c1-17(24(29)27(2)16-18-6-5-7-20(25)14-18)28-12-10-19(11-13-28)22-15-26-23-9-4-3-8-21(22)23/h3-9,14-15,17,19,26H,10-13,16H2,1-2H3. The molecule has 0 spiro atoms. The molecule has 1 aliphatic rings. The fourth-order valence-electron chi connectivity index (χ4n) is 4.49. The summed E-state index contributed by atoms with van der Waals surface area (Å²) in [5, 5.41) is 1.31. The van der Waals surface area contributed by atoms with E-state index in [2.05, 4.69) is 40.3 Å². The van der Waals surface area contributed by atoms with Crippen molar-refractivity contribution in [3.05, 3.63) is 71.7 Å². The van der Waals surface area contributed by atoms with E-state index in [1.54, 1.807) is 18.0 Å². The van der Waals surface area contributed by atoms with E-state index >= 15 is 0 Å². The Morgan fingerprint density at radius 3 is 2.72 bits per heavy atom. The van der Waals surface area contributed by atoms with Gasteiger partial charge < -0.3 is 9.88 Å². The number of carbonyl (C=O) groups excluding carboxylic acids is 1. The summed E-state index contributed by atoms with van der Waals surface area (Å²) in [6.07, 6.45) is 4.24. The fourth-order valence-corrected chi connectivity index (χ4v) is 4.49. The van der Waals surface area contributed by atoms with E-state index in [0.29, 0.717) is 12.5 Å². The predicted molar refractivity (Wildman–Crippen MR) is 114 cm³/mol. The number of rotatable bonds is 5. The van der Waals surface area contributed by atoms with Crippen LogP contribution in [0.5, 0.6) is 0 Å². The summed E-state index contributed by atoms with van der Waals surface area (Å²) in [4.78, 5) is 20.3. The highest BCUT2D eigenvalue weighted by Gasteiger charge is 2.29.